The van der Waals surface area contributed by atoms with Crippen molar-refractivity contribution in [3.63, 3.8) is 0 Å². The summed E-state index contributed by atoms with van der Waals surface area (Å²) >= 11 is 9.66. The first-order chi connectivity index (χ1) is 9.19. The van der Waals surface area contributed by atoms with Gasteiger partial charge in [-0.3, -0.25) is 4.68 Å². The number of aryl methyl sites for hydroxylation is 1. The van der Waals surface area contributed by atoms with Gasteiger partial charge in [0.15, 0.2) is 5.82 Å². The molecule has 0 atom stereocenters. The molecule has 3 rings (SSSR count). The van der Waals surface area contributed by atoms with E-state index in [0.717, 1.165) is 28.7 Å². The van der Waals surface area contributed by atoms with Crippen LogP contribution in [0, 0.1) is 0 Å². The van der Waals surface area contributed by atoms with Crippen LogP contribution in [0.1, 0.15) is 37.8 Å². The Kier molecular flexibility index (Phi) is 3.58. The number of aromatic nitrogens is 4. The zero-order valence-corrected chi connectivity index (χ0v) is 12.9. The first-order valence-corrected chi connectivity index (χ1v) is 7.62. The van der Waals surface area contributed by atoms with Gasteiger partial charge in [0.05, 0.1) is 21.9 Å². The van der Waals surface area contributed by atoms with Gasteiger partial charge in [0.25, 0.3) is 0 Å². The fourth-order valence-corrected chi connectivity index (χ4v) is 2.70. The van der Waals surface area contributed by atoms with Crippen LogP contribution in [0.5, 0.6) is 0 Å². The minimum atomic E-state index is 0.482. The van der Waals surface area contributed by atoms with E-state index in [9.17, 15) is 0 Å². The molecule has 1 aliphatic carbocycles. The third kappa shape index (κ3) is 2.67. The lowest BCUT2D eigenvalue weighted by molar-refractivity contribution is 0.603. The van der Waals surface area contributed by atoms with E-state index in [1.807, 2.05) is 10.9 Å². The van der Waals surface area contributed by atoms with Crippen LogP contribution in [0.3, 0.4) is 0 Å². The SMILES string of the molecule is CCCn1cc(-c2nc(Cl)c(Br)c(C3CC3)n2)cn1. The first kappa shape index (κ1) is 13.1. The zero-order chi connectivity index (χ0) is 13.4. The van der Waals surface area contributed by atoms with Crippen LogP contribution in [0.2, 0.25) is 5.15 Å². The van der Waals surface area contributed by atoms with Gasteiger partial charge in [0.1, 0.15) is 5.15 Å². The molecule has 0 radical (unpaired) electrons. The van der Waals surface area contributed by atoms with Crippen molar-refractivity contribution < 1.29 is 0 Å². The molecule has 0 aromatic carbocycles. The van der Waals surface area contributed by atoms with Crippen LogP contribution in [-0.2, 0) is 6.54 Å². The van der Waals surface area contributed by atoms with Crippen LogP contribution in [0.25, 0.3) is 11.4 Å². The van der Waals surface area contributed by atoms with Crippen LogP contribution >= 0.6 is 27.5 Å². The van der Waals surface area contributed by atoms with Crippen molar-refractivity contribution in [3.8, 4) is 11.4 Å². The zero-order valence-electron chi connectivity index (χ0n) is 10.6. The predicted octanol–water partition coefficient (Wildman–Crippen LogP) is 4.04. The quantitative estimate of drug-likeness (QED) is 0.788. The monoisotopic (exact) mass is 340 g/mol. The lowest BCUT2D eigenvalue weighted by Crippen LogP contribution is -1.97. The molecule has 0 spiro atoms. The average Bonchev–Trinajstić information content (AvgIpc) is 3.13. The second kappa shape index (κ2) is 5.21. The maximum absolute atomic E-state index is 6.18. The minimum absolute atomic E-state index is 0.482. The Morgan fingerprint density at radius 2 is 2.21 bits per heavy atom. The van der Waals surface area contributed by atoms with Gasteiger partial charge in [0, 0.05) is 18.7 Å². The van der Waals surface area contributed by atoms with Crippen molar-refractivity contribution in [1.29, 1.82) is 0 Å². The standard InChI is InChI=1S/C13H14BrClN4/c1-2-5-19-7-9(6-16-19)13-17-11(8-3-4-8)10(14)12(15)18-13/h6-8H,2-5H2,1H3. The fourth-order valence-electron chi connectivity index (χ4n) is 2.02. The number of hydrogen-bond donors (Lipinski definition) is 0. The molecule has 0 bridgehead atoms. The highest BCUT2D eigenvalue weighted by Gasteiger charge is 2.29. The summed E-state index contributed by atoms with van der Waals surface area (Å²) in [6, 6.07) is 0. The summed E-state index contributed by atoms with van der Waals surface area (Å²) in [6.45, 7) is 3.03. The second-order valence-electron chi connectivity index (χ2n) is 4.80. The van der Waals surface area contributed by atoms with E-state index in [2.05, 4.69) is 37.9 Å². The number of nitrogens with zero attached hydrogens (tertiary/aromatic N) is 4. The maximum Gasteiger partial charge on any atom is 0.164 e. The highest BCUT2D eigenvalue weighted by molar-refractivity contribution is 9.10. The summed E-state index contributed by atoms with van der Waals surface area (Å²) in [5, 5.41) is 4.79. The Morgan fingerprint density at radius 3 is 2.89 bits per heavy atom. The normalized spacial score (nSPS) is 14.9. The van der Waals surface area contributed by atoms with E-state index in [-0.39, 0.29) is 0 Å². The molecule has 2 heterocycles. The van der Waals surface area contributed by atoms with Crippen LogP contribution in [-0.4, -0.2) is 19.7 Å². The van der Waals surface area contributed by atoms with Gasteiger partial charge in [-0.15, -0.1) is 0 Å². The molecule has 1 fully saturated rings. The van der Waals surface area contributed by atoms with Crippen molar-refractivity contribution in [3.05, 3.63) is 27.7 Å². The summed E-state index contributed by atoms with van der Waals surface area (Å²) in [6.07, 6.45) is 7.18. The highest BCUT2D eigenvalue weighted by Crippen LogP contribution is 2.44. The van der Waals surface area contributed by atoms with Gasteiger partial charge >= 0.3 is 0 Å². The Balaban J connectivity index is 1.99. The van der Waals surface area contributed by atoms with E-state index in [1.165, 1.54) is 12.8 Å². The summed E-state index contributed by atoms with van der Waals surface area (Å²) in [4.78, 5) is 8.98. The van der Waals surface area contributed by atoms with E-state index in [0.29, 0.717) is 16.9 Å². The van der Waals surface area contributed by atoms with Crippen LogP contribution < -0.4 is 0 Å². The summed E-state index contributed by atoms with van der Waals surface area (Å²) < 4.78 is 2.74. The summed E-state index contributed by atoms with van der Waals surface area (Å²) in [5.74, 6) is 1.19. The molecule has 0 amide bonds. The molecular weight excluding hydrogens is 328 g/mol. The van der Waals surface area contributed by atoms with Crippen molar-refractivity contribution in [2.75, 3.05) is 0 Å². The topological polar surface area (TPSA) is 43.6 Å². The molecule has 0 saturated heterocycles. The second-order valence-corrected chi connectivity index (χ2v) is 5.95. The van der Waals surface area contributed by atoms with Crippen molar-refractivity contribution in [2.45, 2.75) is 38.6 Å². The highest BCUT2D eigenvalue weighted by atomic mass is 79.9. The molecule has 1 saturated carbocycles. The summed E-state index contributed by atoms with van der Waals surface area (Å²) in [5.41, 5.74) is 1.95. The van der Waals surface area contributed by atoms with Gasteiger partial charge < -0.3 is 0 Å². The Labute approximate surface area is 125 Å². The van der Waals surface area contributed by atoms with Crippen LogP contribution in [0.15, 0.2) is 16.9 Å². The fraction of sp³-hybridized carbons (Fsp3) is 0.462. The lowest BCUT2D eigenvalue weighted by Gasteiger charge is -2.05. The van der Waals surface area contributed by atoms with Gasteiger partial charge in [-0.2, -0.15) is 5.10 Å². The van der Waals surface area contributed by atoms with Gasteiger partial charge in [-0.25, -0.2) is 9.97 Å². The van der Waals surface area contributed by atoms with Gasteiger partial charge in [0.2, 0.25) is 0 Å². The van der Waals surface area contributed by atoms with Crippen molar-refractivity contribution in [1.82, 2.24) is 19.7 Å². The molecule has 100 valence electrons. The van der Waals surface area contributed by atoms with Gasteiger partial charge in [-0.1, -0.05) is 18.5 Å². The van der Waals surface area contributed by atoms with E-state index in [1.54, 1.807) is 6.20 Å². The average molecular weight is 342 g/mol. The number of hydrogen-bond acceptors (Lipinski definition) is 3. The number of halogens is 2. The molecule has 2 aromatic rings. The van der Waals surface area contributed by atoms with Crippen molar-refractivity contribution >= 4 is 27.5 Å². The maximum atomic E-state index is 6.18. The third-order valence-electron chi connectivity index (χ3n) is 3.14. The minimum Gasteiger partial charge on any atom is -0.272 e. The number of rotatable bonds is 4. The van der Waals surface area contributed by atoms with Crippen LogP contribution in [0.4, 0.5) is 0 Å². The first-order valence-electron chi connectivity index (χ1n) is 6.44. The molecule has 1 aliphatic rings. The molecule has 0 aliphatic heterocycles. The van der Waals surface area contributed by atoms with E-state index in [4.69, 9.17) is 11.6 Å². The molecule has 4 nitrogen and oxygen atoms in total. The third-order valence-corrected chi connectivity index (χ3v) is 4.43. The predicted molar refractivity (Wildman–Crippen MR) is 78.2 cm³/mol. The van der Waals surface area contributed by atoms with Crippen molar-refractivity contribution in [2.24, 2.45) is 0 Å². The van der Waals surface area contributed by atoms with Gasteiger partial charge in [-0.05, 0) is 35.2 Å². The molecule has 6 heteroatoms. The molecule has 0 N–H and O–H groups in total. The Bertz CT molecular complexity index is 607. The molecule has 0 unspecified atom stereocenters. The smallest absolute Gasteiger partial charge is 0.164 e. The molecule has 2 aromatic heterocycles. The molecule has 19 heavy (non-hydrogen) atoms. The van der Waals surface area contributed by atoms with E-state index >= 15 is 0 Å². The molecular formula is C13H14BrClN4. The summed E-state index contributed by atoms with van der Waals surface area (Å²) in [7, 11) is 0. The largest absolute Gasteiger partial charge is 0.272 e. The van der Waals surface area contributed by atoms with E-state index < -0.39 is 0 Å². The Hall–Kier alpha value is -0.940. The Morgan fingerprint density at radius 1 is 1.42 bits per heavy atom. The lowest BCUT2D eigenvalue weighted by atomic mass is 10.2.